The fourth-order valence-corrected chi connectivity index (χ4v) is 4.56. The Hall–Kier alpha value is 0.117. The van der Waals surface area contributed by atoms with Crippen molar-refractivity contribution in [2.75, 3.05) is 26.4 Å². The van der Waals surface area contributed by atoms with Gasteiger partial charge in [0.25, 0.3) is 0 Å². The molecule has 1 unspecified atom stereocenters. The van der Waals surface area contributed by atoms with E-state index >= 15 is 0 Å². The predicted octanol–water partition coefficient (Wildman–Crippen LogP) is 2.48. The van der Waals surface area contributed by atoms with Gasteiger partial charge >= 0.3 is 17.1 Å². The molecular weight excluding hydrogens is 275 g/mol. The Bertz CT molecular complexity index is 211. The van der Waals surface area contributed by atoms with Crippen LogP contribution in [0.2, 0.25) is 6.04 Å². The quantitative estimate of drug-likeness (QED) is 0.339. The van der Waals surface area contributed by atoms with Crippen molar-refractivity contribution in [2.24, 2.45) is 0 Å². The number of hydrogen-bond acceptors (Lipinski definition) is 5. The van der Waals surface area contributed by atoms with Crippen molar-refractivity contribution in [2.45, 2.75) is 39.7 Å². The molecule has 0 radical (unpaired) electrons. The van der Waals surface area contributed by atoms with Crippen molar-refractivity contribution in [1.29, 1.82) is 0 Å². The zero-order valence-electron chi connectivity index (χ0n) is 11.4. The van der Waals surface area contributed by atoms with Crippen molar-refractivity contribution in [1.82, 2.24) is 0 Å². The van der Waals surface area contributed by atoms with Crippen molar-refractivity contribution >= 4 is 17.1 Å². The highest BCUT2D eigenvalue weighted by molar-refractivity contribution is 7.32. The lowest BCUT2D eigenvalue weighted by Crippen LogP contribution is -2.45. The first-order chi connectivity index (χ1) is 8.60. The molecule has 0 saturated carbocycles. The van der Waals surface area contributed by atoms with Crippen LogP contribution in [0.25, 0.3) is 0 Å². The van der Waals surface area contributed by atoms with Gasteiger partial charge in [-0.15, -0.1) is 9.42 Å². The van der Waals surface area contributed by atoms with Crippen molar-refractivity contribution in [3.05, 3.63) is 0 Å². The Balaban J connectivity index is 4.08. The maximum Gasteiger partial charge on any atom is 0.694 e. The van der Waals surface area contributed by atoms with Crippen LogP contribution in [0.5, 0.6) is 0 Å². The first-order valence-corrected chi connectivity index (χ1v) is 9.37. The third-order valence-electron chi connectivity index (χ3n) is 2.17. The lowest BCUT2D eigenvalue weighted by atomic mass is 10.4. The highest BCUT2D eigenvalue weighted by Gasteiger charge is 2.39. The summed E-state index contributed by atoms with van der Waals surface area (Å²) in [6, 6.07) is 0.702. The molecule has 108 valence electrons. The molecule has 0 amide bonds. The zero-order chi connectivity index (χ0) is 13.9. The Morgan fingerprint density at radius 3 is 1.89 bits per heavy atom. The Morgan fingerprint density at radius 2 is 1.50 bits per heavy atom. The smallest absolute Gasteiger partial charge is 0.374 e. The molecule has 0 aliphatic heterocycles. The third-order valence-corrected chi connectivity index (χ3v) is 5.73. The summed E-state index contributed by atoms with van der Waals surface area (Å²) in [7, 11) is -5.06. The summed E-state index contributed by atoms with van der Waals surface area (Å²) in [6.45, 7) is 7.69. The fraction of sp³-hybridized carbons (Fsp3) is 1.00. The van der Waals surface area contributed by atoms with Gasteiger partial charge in [-0.25, -0.2) is 0 Å². The van der Waals surface area contributed by atoms with E-state index in [1.165, 1.54) is 0 Å². The standard InChI is InChI=1S/C10H23O6PSi/c1-4-14-18(15-5-2,16-6-3)10-8-7-9-13-17(11)12/h4-10H2,1-3H3/p+1. The molecule has 0 fully saturated rings. The van der Waals surface area contributed by atoms with Crippen LogP contribution in [0.3, 0.4) is 0 Å². The van der Waals surface area contributed by atoms with Crippen LogP contribution in [-0.4, -0.2) is 40.1 Å². The lowest BCUT2D eigenvalue weighted by Gasteiger charge is -2.28. The maximum absolute atomic E-state index is 10.3. The molecule has 0 aromatic heterocycles. The average Bonchev–Trinajstić information content (AvgIpc) is 2.29. The Morgan fingerprint density at radius 1 is 1.00 bits per heavy atom. The van der Waals surface area contributed by atoms with E-state index in [0.29, 0.717) is 32.3 Å². The summed E-state index contributed by atoms with van der Waals surface area (Å²) in [4.78, 5) is 8.49. The Labute approximate surface area is 111 Å². The van der Waals surface area contributed by atoms with E-state index in [-0.39, 0.29) is 6.61 Å². The molecule has 8 heteroatoms. The molecule has 0 aliphatic carbocycles. The van der Waals surface area contributed by atoms with Crippen LogP contribution in [-0.2, 0) is 22.4 Å². The van der Waals surface area contributed by atoms with Gasteiger partial charge in [0.2, 0.25) is 0 Å². The highest BCUT2D eigenvalue weighted by Crippen LogP contribution is 2.21. The molecule has 0 saturated heterocycles. The minimum Gasteiger partial charge on any atom is -0.374 e. The molecule has 0 spiro atoms. The zero-order valence-corrected chi connectivity index (χ0v) is 13.3. The SMILES string of the molecule is CCO[Si](CCCCO[P+](=O)O)(OCC)OCC. The summed E-state index contributed by atoms with van der Waals surface area (Å²) >= 11 is 0. The summed E-state index contributed by atoms with van der Waals surface area (Å²) in [6.07, 6.45) is 1.47. The first-order valence-electron chi connectivity index (χ1n) is 6.31. The van der Waals surface area contributed by atoms with Gasteiger partial charge in [0.15, 0.2) is 0 Å². The molecule has 0 heterocycles. The molecular formula is C10H24O6PSi+. The van der Waals surface area contributed by atoms with Gasteiger partial charge in [0.05, 0.1) is 0 Å². The summed E-state index contributed by atoms with van der Waals surface area (Å²) in [5, 5.41) is 0. The molecule has 0 bridgehead atoms. The monoisotopic (exact) mass is 299 g/mol. The molecule has 0 aliphatic rings. The lowest BCUT2D eigenvalue weighted by molar-refractivity contribution is 0.0704. The fourth-order valence-electron chi connectivity index (χ4n) is 1.59. The maximum atomic E-state index is 10.3. The van der Waals surface area contributed by atoms with Crippen molar-refractivity contribution in [3.8, 4) is 0 Å². The second kappa shape index (κ2) is 11.0. The molecule has 0 rings (SSSR count). The summed E-state index contributed by atoms with van der Waals surface area (Å²) in [5.41, 5.74) is 0. The van der Waals surface area contributed by atoms with Gasteiger partial charge in [-0.1, -0.05) is 0 Å². The number of hydrogen-bond donors (Lipinski definition) is 1. The van der Waals surface area contributed by atoms with Crippen LogP contribution in [0.15, 0.2) is 0 Å². The van der Waals surface area contributed by atoms with Crippen LogP contribution in [0, 0.1) is 0 Å². The number of unbranched alkanes of at least 4 members (excludes halogenated alkanes) is 1. The largest absolute Gasteiger partial charge is 0.694 e. The second-order valence-electron chi connectivity index (χ2n) is 3.51. The van der Waals surface area contributed by atoms with E-state index in [1.807, 2.05) is 20.8 Å². The van der Waals surface area contributed by atoms with Gasteiger partial charge in [-0.05, 0) is 33.6 Å². The van der Waals surface area contributed by atoms with Crippen LogP contribution in [0.1, 0.15) is 33.6 Å². The van der Waals surface area contributed by atoms with E-state index < -0.39 is 17.1 Å². The van der Waals surface area contributed by atoms with E-state index in [0.717, 1.165) is 6.42 Å². The molecule has 1 atom stereocenters. The van der Waals surface area contributed by atoms with Crippen LogP contribution < -0.4 is 0 Å². The molecule has 18 heavy (non-hydrogen) atoms. The highest BCUT2D eigenvalue weighted by atomic mass is 31.1. The summed E-state index contributed by atoms with van der Waals surface area (Å²) < 4.78 is 32.0. The second-order valence-corrected chi connectivity index (χ2v) is 6.98. The van der Waals surface area contributed by atoms with Crippen molar-refractivity contribution in [3.63, 3.8) is 0 Å². The molecule has 0 aromatic rings. The minimum absolute atomic E-state index is 0.264. The predicted molar refractivity (Wildman–Crippen MR) is 70.5 cm³/mol. The molecule has 1 N–H and O–H groups in total. The van der Waals surface area contributed by atoms with Gasteiger partial charge in [-0.3, -0.25) is 0 Å². The van der Waals surface area contributed by atoms with Gasteiger partial charge in [-0.2, -0.15) is 0 Å². The van der Waals surface area contributed by atoms with Crippen LogP contribution in [0.4, 0.5) is 0 Å². The normalized spacial score (nSPS) is 12.8. The van der Waals surface area contributed by atoms with Gasteiger partial charge < -0.3 is 13.3 Å². The summed E-state index contributed by atoms with van der Waals surface area (Å²) in [5.74, 6) is 0. The Kier molecular flexibility index (Phi) is 11.1. The minimum atomic E-state index is -2.56. The van der Waals surface area contributed by atoms with Gasteiger partial charge in [0, 0.05) is 30.4 Å². The number of rotatable bonds is 12. The van der Waals surface area contributed by atoms with E-state index in [9.17, 15) is 4.57 Å². The van der Waals surface area contributed by atoms with E-state index in [4.69, 9.17) is 18.2 Å². The topological polar surface area (TPSA) is 74.2 Å². The third kappa shape index (κ3) is 8.26. The molecule has 6 nitrogen and oxygen atoms in total. The van der Waals surface area contributed by atoms with Crippen LogP contribution >= 0.6 is 8.25 Å². The van der Waals surface area contributed by atoms with Crippen molar-refractivity contribution < 1.29 is 27.3 Å². The average molecular weight is 299 g/mol. The van der Waals surface area contributed by atoms with E-state index in [2.05, 4.69) is 4.52 Å². The molecule has 0 aromatic carbocycles. The van der Waals surface area contributed by atoms with E-state index in [1.54, 1.807) is 0 Å². The van der Waals surface area contributed by atoms with Gasteiger partial charge in [0.1, 0.15) is 6.61 Å². The first kappa shape index (κ1) is 18.1.